The lowest BCUT2D eigenvalue weighted by Gasteiger charge is -2.33. The van der Waals surface area contributed by atoms with Crippen molar-refractivity contribution in [3.8, 4) is 0 Å². The van der Waals surface area contributed by atoms with Crippen molar-refractivity contribution in [1.29, 1.82) is 0 Å². The average Bonchev–Trinajstić information content (AvgIpc) is 3.24. The molecule has 0 aliphatic carbocycles. The van der Waals surface area contributed by atoms with Crippen LogP contribution in [0.25, 0.3) is 0 Å². The molecule has 0 spiro atoms. The molecule has 2 aromatic rings. The molecule has 2 saturated heterocycles. The smallest absolute Gasteiger partial charge is 0.193 e. The molecular formula is C25H34IN3O. The van der Waals surface area contributed by atoms with Gasteiger partial charge in [0.15, 0.2) is 5.96 Å². The number of likely N-dealkylation sites (tertiary alicyclic amines) is 1. The van der Waals surface area contributed by atoms with Gasteiger partial charge in [-0.05, 0) is 42.7 Å². The Morgan fingerprint density at radius 3 is 2.53 bits per heavy atom. The molecule has 0 amide bonds. The summed E-state index contributed by atoms with van der Waals surface area (Å²) in [4.78, 5) is 7.01. The van der Waals surface area contributed by atoms with Crippen LogP contribution in [0, 0.1) is 11.8 Å². The fourth-order valence-corrected chi connectivity index (χ4v) is 4.76. The molecule has 1 N–H and O–H groups in total. The summed E-state index contributed by atoms with van der Waals surface area (Å²) in [5.74, 6) is 2.22. The van der Waals surface area contributed by atoms with E-state index in [0.29, 0.717) is 11.8 Å². The van der Waals surface area contributed by atoms with Crippen LogP contribution in [0.2, 0.25) is 0 Å². The summed E-state index contributed by atoms with van der Waals surface area (Å²) in [7, 11) is 1.90. The van der Waals surface area contributed by atoms with E-state index in [9.17, 15) is 0 Å². The maximum absolute atomic E-state index is 6.16. The third-order valence-corrected chi connectivity index (χ3v) is 6.26. The molecule has 3 atom stereocenters. The summed E-state index contributed by atoms with van der Waals surface area (Å²) in [6, 6.07) is 21.5. The average molecular weight is 519 g/mol. The van der Waals surface area contributed by atoms with Crippen molar-refractivity contribution in [2.45, 2.75) is 31.8 Å². The van der Waals surface area contributed by atoms with Gasteiger partial charge in [-0.1, -0.05) is 60.7 Å². The van der Waals surface area contributed by atoms with Gasteiger partial charge in [-0.3, -0.25) is 4.99 Å². The minimum absolute atomic E-state index is 0. The molecule has 4 rings (SSSR count). The lowest BCUT2D eigenvalue weighted by Crippen LogP contribution is -2.43. The highest BCUT2D eigenvalue weighted by Crippen LogP contribution is 2.33. The first-order valence-electron chi connectivity index (χ1n) is 11.0. The lowest BCUT2D eigenvalue weighted by molar-refractivity contribution is -0.0266. The summed E-state index contributed by atoms with van der Waals surface area (Å²) in [6.07, 6.45) is 4.90. The second-order valence-electron chi connectivity index (χ2n) is 8.32. The van der Waals surface area contributed by atoms with Crippen LogP contribution < -0.4 is 5.32 Å². The van der Waals surface area contributed by atoms with Crippen LogP contribution in [0.15, 0.2) is 65.7 Å². The van der Waals surface area contributed by atoms with Gasteiger partial charge >= 0.3 is 0 Å². The Morgan fingerprint density at radius 2 is 1.80 bits per heavy atom. The van der Waals surface area contributed by atoms with Crippen molar-refractivity contribution in [3.63, 3.8) is 0 Å². The van der Waals surface area contributed by atoms with E-state index in [4.69, 9.17) is 4.74 Å². The van der Waals surface area contributed by atoms with Gasteiger partial charge < -0.3 is 15.0 Å². The molecule has 162 valence electrons. The quantitative estimate of drug-likeness (QED) is 0.347. The summed E-state index contributed by atoms with van der Waals surface area (Å²) >= 11 is 0. The maximum atomic E-state index is 6.16. The number of benzene rings is 2. The van der Waals surface area contributed by atoms with E-state index in [0.717, 1.165) is 45.0 Å². The van der Waals surface area contributed by atoms with Gasteiger partial charge in [0.2, 0.25) is 0 Å². The Bertz CT molecular complexity index is 783. The highest BCUT2D eigenvalue weighted by molar-refractivity contribution is 14.0. The Hall–Kier alpha value is -1.60. The van der Waals surface area contributed by atoms with Crippen molar-refractivity contribution in [1.82, 2.24) is 10.2 Å². The molecule has 0 bridgehead atoms. The number of nitrogens with zero attached hydrogens (tertiary/aromatic N) is 2. The van der Waals surface area contributed by atoms with Crippen molar-refractivity contribution >= 4 is 29.9 Å². The second kappa shape index (κ2) is 11.7. The van der Waals surface area contributed by atoms with Crippen molar-refractivity contribution < 1.29 is 4.74 Å². The number of guanidine groups is 1. The SMILES string of the molecule is CN=C(NCC1CCCOC1c1ccccc1)N1CCC(Cc2ccccc2)C1.I. The van der Waals surface area contributed by atoms with E-state index in [1.54, 1.807) is 0 Å². The highest BCUT2D eigenvalue weighted by Gasteiger charge is 2.29. The topological polar surface area (TPSA) is 36.9 Å². The second-order valence-corrected chi connectivity index (χ2v) is 8.32. The number of hydrogen-bond acceptors (Lipinski definition) is 2. The van der Waals surface area contributed by atoms with Gasteiger partial charge in [0.25, 0.3) is 0 Å². The van der Waals surface area contributed by atoms with Gasteiger partial charge in [-0.25, -0.2) is 0 Å². The summed E-state index contributed by atoms with van der Waals surface area (Å²) in [5, 5.41) is 3.66. The first kappa shape index (κ1) is 23.1. The minimum atomic E-state index is 0. The Balaban J connectivity index is 0.00000256. The van der Waals surface area contributed by atoms with E-state index in [-0.39, 0.29) is 30.1 Å². The van der Waals surface area contributed by atoms with E-state index in [1.165, 1.54) is 24.0 Å². The largest absolute Gasteiger partial charge is 0.373 e. The zero-order valence-electron chi connectivity index (χ0n) is 17.9. The fraction of sp³-hybridized carbons (Fsp3) is 0.480. The van der Waals surface area contributed by atoms with Crippen molar-refractivity contribution in [2.24, 2.45) is 16.8 Å². The predicted molar refractivity (Wildman–Crippen MR) is 134 cm³/mol. The van der Waals surface area contributed by atoms with Gasteiger partial charge in [-0.2, -0.15) is 0 Å². The molecule has 2 aliphatic heterocycles. The number of nitrogens with one attached hydrogen (secondary N) is 1. The molecule has 0 saturated carbocycles. The minimum Gasteiger partial charge on any atom is -0.373 e. The zero-order chi connectivity index (χ0) is 19.9. The molecule has 2 heterocycles. The summed E-state index contributed by atoms with van der Waals surface area (Å²) in [6.45, 7) is 3.93. The van der Waals surface area contributed by atoms with Crippen LogP contribution >= 0.6 is 24.0 Å². The Morgan fingerprint density at radius 1 is 1.07 bits per heavy atom. The molecular weight excluding hydrogens is 485 g/mol. The third kappa shape index (κ3) is 5.97. The van der Waals surface area contributed by atoms with Crippen molar-refractivity contribution in [3.05, 3.63) is 71.8 Å². The highest BCUT2D eigenvalue weighted by atomic mass is 127. The van der Waals surface area contributed by atoms with Gasteiger partial charge in [0, 0.05) is 39.2 Å². The van der Waals surface area contributed by atoms with Gasteiger partial charge in [0.1, 0.15) is 0 Å². The van der Waals surface area contributed by atoms with Crippen LogP contribution in [0.3, 0.4) is 0 Å². The number of aliphatic imine (C=N–C) groups is 1. The van der Waals surface area contributed by atoms with E-state index < -0.39 is 0 Å². The van der Waals surface area contributed by atoms with E-state index >= 15 is 0 Å². The fourth-order valence-electron chi connectivity index (χ4n) is 4.76. The molecule has 2 aromatic carbocycles. The molecule has 30 heavy (non-hydrogen) atoms. The number of halogens is 1. The van der Waals surface area contributed by atoms with Crippen LogP contribution in [0.5, 0.6) is 0 Å². The molecule has 3 unspecified atom stereocenters. The van der Waals surface area contributed by atoms with Crippen LogP contribution in [-0.4, -0.2) is 44.1 Å². The normalized spacial score (nSPS) is 24.4. The van der Waals surface area contributed by atoms with Gasteiger partial charge in [-0.15, -0.1) is 24.0 Å². The monoisotopic (exact) mass is 519 g/mol. The summed E-state index contributed by atoms with van der Waals surface area (Å²) in [5.41, 5.74) is 2.73. The standard InChI is InChI=1S/C25H33N3O.HI/c1-26-25(28-15-14-21(19-28)17-20-9-4-2-5-10-20)27-18-23-13-8-16-29-24(23)22-11-6-3-7-12-22;/h2-7,9-12,21,23-24H,8,13-19H2,1H3,(H,26,27);1H. The Kier molecular flexibility index (Phi) is 9.00. The number of hydrogen-bond donors (Lipinski definition) is 1. The number of rotatable bonds is 5. The first-order chi connectivity index (χ1) is 14.3. The summed E-state index contributed by atoms with van der Waals surface area (Å²) < 4.78 is 6.16. The third-order valence-electron chi connectivity index (χ3n) is 6.26. The van der Waals surface area contributed by atoms with E-state index in [1.807, 2.05) is 7.05 Å². The lowest BCUT2D eigenvalue weighted by atomic mass is 9.89. The Labute approximate surface area is 198 Å². The number of ether oxygens (including phenoxy) is 1. The maximum Gasteiger partial charge on any atom is 0.193 e. The van der Waals surface area contributed by atoms with Crippen LogP contribution in [-0.2, 0) is 11.2 Å². The first-order valence-corrected chi connectivity index (χ1v) is 11.0. The molecule has 0 radical (unpaired) electrons. The van der Waals surface area contributed by atoms with Gasteiger partial charge in [0.05, 0.1) is 6.10 Å². The molecule has 4 nitrogen and oxygen atoms in total. The molecule has 2 aliphatic rings. The van der Waals surface area contributed by atoms with E-state index in [2.05, 4.69) is 75.9 Å². The van der Waals surface area contributed by atoms with Crippen molar-refractivity contribution in [2.75, 3.05) is 33.3 Å². The molecule has 2 fully saturated rings. The predicted octanol–water partition coefficient (Wildman–Crippen LogP) is 4.91. The van der Waals surface area contributed by atoms with Crippen LogP contribution in [0.4, 0.5) is 0 Å². The molecule has 0 aromatic heterocycles. The molecule has 5 heteroatoms. The zero-order valence-corrected chi connectivity index (χ0v) is 20.2. The van der Waals surface area contributed by atoms with Crippen LogP contribution in [0.1, 0.15) is 36.5 Å².